The number of non-ortho nitro benzene ring substituents is 1. The standard InChI is InChI=1S/C14H11ClN2O3/c15-9-10-1-3-11(4-2-10)14(18)16-12-5-7-13(8-6-12)17(19)20/h1-8H,9H2,(H,16,18). The van der Waals surface area contributed by atoms with Crippen LogP contribution in [-0.4, -0.2) is 10.8 Å². The highest BCUT2D eigenvalue weighted by atomic mass is 35.5. The highest BCUT2D eigenvalue weighted by Gasteiger charge is 2.08. The molecule has 102 valence electrons. The van der Waals surface area contributed by atoms with Crippen LogP contribution in [0.2, 0.25) is 0 Å². The average Bonchev–Trinajstić information content (AvgIpc) is 2.48. The van der Waals surface area contributed by atoms with Crippen LogP contribution in [-0.2, 0) is 5.88 Å². The van der Waals surface area contributed by atoms with Crippen molar-refractivity contribution in [3.05, 3.63) is 69.8 Å². The van der Waals surface area contributed by atoms with Crippen molar-refractivity contribution < 1.29 is 9.72 Å². The van der Waals surface area contributed by atoms with Crippen molar-refractivity contribution in [3.63, 3.8) is 0 Å². The summed E-state index contributed by atoms with van der Waals surface area (Å²) in [7, 11) is 0. The van der Waals surface area contributed by atoms with Gasteiger partial charge in [-0.3, -0.25) is 14.9 Å². The summed E-state index contributed by atoms with van der Waals surface area (Å²) < 4.78 is 0. The van der Waals surface area contributed by atoms with Crippen molar-refractivity contribution in [1.29, 1.82) is 0 Å². The number of nitrogens with one attached hydrogen (secondary N) is 1. The van der Waals surface area contributed by atoms with Gasteiger partial charge in [0, 0.05) is 29.3 Å². The molecule has 0 aromatic heterocycles. The molecule has 0 aliphatic heterocycles. The first-order chi connectivity index (χ1) is 9.60. The second kappa shape index (κ2) is 6.16. The van der Waals surface area contributed by atoms with Crippen molar-refractivity contribution in [2.45, 2.75) is 5.88 Å². The molecule has 0 aliphatic rings. The third-order valence-corrected chi connectivity index (χ3v) is 3.02. The second-order valence-corrected chi connectivity index (χ2v) is 4.36. The van der Waals surface area contributed by atoms with Crippen molar-refractivity contribution in [1.82, 2.24) is 0 Å². The molecule has 1 amide bonds. The molecular weight excluding hydrogens is 280 g/mol. The number of anilines is 1. The number of hydrogen-bond donors (Lipinski definition) is 1. The van der Waals surface area contributed by atoms with E-state index in [2.05, 4.69) is 5.32 Å². The van der Waals surface area contributed by atoms with E-state index in [0.29, 0.717) is 17.1 Å². The Morgan fingerprint density at radius 2 is 1.70 bits per heavy atom. The molecule has 0 saturated heterocycles. The minimum absolute atomic E-state index is 0.0190. The van der Waals surface area contributed by atoms with E-state index >= 15 is 0 Å². The van der Waals surface area contributed by atoms with Gasteiger partial charge in [-0.25, -0.2) is 0 Å². The zero-order valence-electron chi connectivity index (χ0n) is 10.4. The second-order valence-electron chi connectivity index (χ2n) is 4.09. The number of nitro groups is 1. The maximum absolute atomic E-state index is 12.0. The predicted molar refractivity (Wildman–Crippen MR) is 77.0 cm³/mol. The molecule has 2 aromatic carbocycles. The lowest BCUT2D eigenvalue weighted by molar-refractivity contribution is -0.384. The van der Waals surface area contributed by atoms with Gasteiger partial charge in [-0.2, -0.15) is 0 Å². The molecule has 1 N–H and O–H groups in total. The van der Waals surface area contributed by atoms with Gasteiger partial charge in [0.25, 0.3) is 11.6 Å². The molecule has 0 spiro atoms. The van der Waals surface area contributed by atoms with E-state index in [1.54, 1.807) is 24.3 Å². The van der Waals surface area contributed by atoms with Crippen LogP contribution >= 0.6 is 11.6 Å². The van der Waals surface area contributed by atoms with Crippen molar-refractivity contribution in [2.75, 3.05) is 5.32 Å². The van der Waals surface area contributed by atoms with Crippen LogP contribution in [0.4, 0.5) is 11.4 Å². The molecule has 5 nitrogen and oxygen atoms in total. The van der Waals surface area contributed by atoms with Crippen LogP contribution in [0.1, 0.15) is 15.9 Å². The molecule has 2 rings (SSSR count). The highest BCUT2D eigenvalue weighted by Crippen LogP contribution is 2.16. The molecule has 0 unspecified atom stereocenters. The first-order valence-corrected chi connectivity index (χ1v) is 6.34. The van der Waals surface area contributed by atoms with Crippen LogP contribution < -0.4 is 5.32 Å². The van der Waals surface area contributed by atoms with Gasteiger partial charge in [0.2, 0.25) is 0 Å². The van der Waals surface area contributed by atoms with E-state index in [4.69, 9.17) is 11.6 Å². The predicted octanol–water partition coefficient (Wildman–Crippen LogP) is 3.59. The van der Waals surface area contributed by atoms with Crippen LogP contribution in [0.25, 0.3) is 0 Å². The van der Waals surface area contributed by atoms with Crippen LogP contribution in [0.3, 0.4) is 0 Å². The number of nitro benzene ring substituents is 1. The molecule has 0 fully saturated rings. The average molecular weight is 291 g/mol. The fourth-order valence-corrected chi connectivity index (χ4v) is 1.79. The fourth-order valence-electron chi connectivity index (χ4n) is 1.61. The monoisotopic (exact) mass is 290 g/mol. The molecule has 2 aromatic rings. The number of nitrogens with zero attached hydrogens (tertiary/aromatic N) is 1. The molecule has 0 bridgehead atoms. The topological polar surface area (TPSA) is 72.2 Å². The molecule has 20 heavy (non-hydrogen) atoms. The normalized spacial score (nSPS) is 10.1. The van der Waals surface area contributed by atoms with Crippen LogP contribution in [0.15, 0.2) is 48.5 Å². The molecule has 0 aliphatic carbocycles. The number of alkyl halides is 1. The van der Waals surface area contributed by atoms with Gasteiger partial charge < -0.3 is 5.32 Å². The summed E-state index contributed by atoms with van der Waals surface area (Å²) in [5.41, 5.74) is 1.91. The van der Waals surface area contributed by atoms with Crippen molar-refractivity contribution in [3.8, 4) is 0 Å². The Hall–Kier alpha value is -2.40. The summed E-state index contributed by atoms with van der Waals surface area (Å²) >= 11 is 5.67. The van der Waals surface area contributed by atoms with Crippen LogP contribution in [0, 0.1) is 10.1 Å². The van der Waals surface area contributed by atoms with E-state index in [9.17, 15) is 14.9 Å². The minimum atomic E-state index is -0.490. The number of benzene rings is 2. The van der Waals surface area contributed by atoms with Gasteiger partial charge in [0.05, 0.1) is 4.92 Å². The zero-order chi connectivity index (χ0) is 14.5. The molecular formula is C14H11ClN2O3. The van der Waals surface area contributed by atoms with Gasteiger partial charge in [-0.1, -0.05) is 12.1 Å². The summed E-state index contributed by atoms with van der Waals surface area (Å²) in [6.07, 6.45) is 0. The Morgan fingerprint density at radius 3 is 2.20 bits per heavy atom. The SMILES string of the molecule is O=C(Nc1ccc([N+](=O)[O-])cc1)c1ccc(CCl)cc1. The Labute approximate surface area is 120 Å². The van der Waals surface area contributed by atoms with Gasteiger partial charge in [-0.15, -0.1) is 11.6 Å². The third-order valence-electron chi connectivity index (χ3n) is 2.71. The molecule has 6 heteroatoms. The molecule has 0 saturated carbocycles. The van der Waals surface area contributed by atoms with E-state index in [1.807, 2.05) is 0 Å². The smallest absolute Gasteiger partial charge is 0.269 e. The summed E-state index contributed by atoms with van der Waals surface area (Å²) in [5, 5.41) is 13.2. The zero-order valence-corrected chi connectivity index (χ0v) is 11.1. The van der Waals surface area contributed by atoms with E-state index < -0.39 is 4.92 Å². The van der Waals surface area contributed by atoms with Gasteiger partial charge in [0.1, 0.15) is 0 Å². The largest absolute Gasteiger partial charge is 0.322 e. The first-order valence-electron chi connectivity index (χ1n) is 5.81. The van der Waals surface area contributed by atoms with E-state index in [1.165, 1.54) is 24.3 Å². The molecule has 0 heterocycles. The Balaban J connectivity index is 2.08. The van der Waals surface area contributed by atoms with Crippen LogP contribution in [0.5, 0.6) is 0 Å². The van der Waals surface area contributed by atoms with Crippen molar-refractivity contribution in [2.24, 2.45) is 0 Å². The highest BCUT2D eigenvalue weighted by molar-refractivity contribution is 6.17. The third kappa shape index (κ3) is 3.33. The number of halogens is 1. The molecule has 0 atom stereocenters. The van der Waals surface area contributed by atoms with Gasteiger partial charge >= 0.3 is 0 Å². The van der Waals surface area contributed by atoms with E-state index in [-0.39, 0.29) is 11.6 Å². The maximum atomic E-state index is 12.0. The minimum Gasteiger partial charge on any atom is -0.322 e. The van der Waals surface area contributed by atoms with E-state index in [0.717, 1.165) is 5.56 Å². The lowest BCUT2D eigenvalue weighted by atomic mass is 10.1. The Bertz CT molecular complexity index is 624. The summed E-state index contributed by atoms with van der Waals surface area (Å²) in [4.78, 5) is 22.0. The number of hydrogen-bond acceptors (Lipinski definition) is 3. The van der Waals surface area contributed by atoms with Gasteiger partial charge in [0.15, 0.2) is 0 Å². The fraction of sp³-hybridized carbons (Fsp3) is 0.0714. The number of carbonyl (C=O) groups is 1. The Morgan fingerprint density at radius 1 is 1.10 bits per heavy atom. The first kappa shape index (κ1) is 14.0. The lowest BCUT2D eigenvalue weighted by Gasteiger charge is -2.05. The summed E-state index contributed by atoms with van der Waals surface area (Å²) in [6, 6.07) is 12.6. The number of carbonyl (C=O) groups excluding carboxylic acids is 1. The number of amides is 1. The number of rotatable bonds is 4. The maximum Gasteiger partial charge on any atom is 0.269 e. The summed E-state index contributed by atoms with van der Waals surface area (Å²) in [6.45, 7) is 0. The van der Waals surface area contributed by atoms with Crippen molar-refractivity contribution >= 4 is 28.9 Å². The quantitative estimate of drug-likeness (QED) is 0.531. The summed E-state index contributed by atoms with van der Waals surface area (Å²) in [5.74, 6) is 0.115. The Kier molecular flexibility index (Phi) is 4.32. The lowest BCUT2D eigenvalue weighted by Crippen LogP contribution is -2.11. The van der Waals surface area contributed by atoms with Gasteiger partial charge in [-0.05, 0) is 29.8 Å². The molecule has 0 radical (unpaired) electrons.